The lowest BCUT2D eigenvalue weighted by Crippen LogP contribution is -2.40. The first-order valence-corrected chi connectivity index (χ1v) is 12.2. The van der Waals surface area contributed by atoms with Crippen molar-refractivity contribution in [3.05, 3.63) is 105 Å². The fraction of sp³-hybridized carbons (Fsp3) is 0.250. The van der Waals surface area contributed by atoms with Crippen LogP contribution in [0.2, 0.25) is 0 Å². The summed E-state index contributed by atoms with van der Waals surface area (Å²) in [5.74, 6) is 1.72. The van der Waals surface area contributed by atoms with Crippen LogP contribution in [0.5, 0.6) is 0 Å². The van der Waals surface area contributed by atoms with E-state index in [1.165, 1.54) is 22.3 Å². The Labute approximate surface area is 203 Å². The maximum atomic E-state index is 13.0. The Morgan fingerprint density at radius 1 is 1.03 bits per heavy atom. The second-order valence-electron chi connectivity index (χ2n) is 9.40. The smallest absolute Gasteiger partial charge is 0.240 e. The summed E-state index contributed by atoms with van der Waals surface area (Å²) in [5, 5.41) is 10.4. The Bertz CT molecular complexity index is 1410. The number of H-pyrrole nitrogens is 1. The number of aryl methyl sites for hydroxylation is 1. The van der Waals surface area contributed by atoms with Crippen LogP contribution in [-0.4, -0.2) is 27.2 Å². The van der Waals surface area contributed by atoms with Crippen molar-refractivity contribution in [3.8, 4) is 11.4 Å². The standard InChI is InChI=1S/C28H26N4OS/c1-17-7-6-8-18(13-17)27-30-31-28(34)32(27)16-25(33)29-15-19-14-24-20-9-2-4-11-22(20)26(19)23-12-5-3-10-21(23)24/h2-13,19,24,26H,14-16H2,1H3,(H,29,33)(H,31,34). The summed E-state index contributed by atoms with van der Waals surface area (Å²) in [6.45, 7) is 2.83. The predicted molar refractivity (Wildman–Crippen MR) is 135 cm³/mol. The fourth-order valence-corrected chi connectivity index (χ4v) is 6.07. The topological polar surface area (TPSA) is 62.7 Å². The number of benzene rings is 3. The molecule has 3 aliphatic rings. The molecule has 1 atom stereocenters. The highest BCUT2D eigenvalue weighted by molar-refractivity contribution is 7.71. The van der Waals surface area contributed by atoms with Crippen molar-refractivity contribution in [2.45, 2.75) is 31.7 Å². The number of carbonyl (C=O) groups excluding carboxylic acids is 1. The summed E-state index contributed by atoms with van der Waals surface area (Å²) >= 11 is 5.43. The van der Waals surface area contributed by atoms with Gasteiger partial charge in [-0.05, 0) is 59.8 Å². The molecule has 1 heterocycles. The quantitative estimate of drug-likeness (QED) is 0.391. The van der Waals surface area contributed by atoms with E-state index in [0.29, 0.717) is 34.9 Å². The lowest BCUT2D eigenvalue weighted by atomic mass is 9.59. The number of carbonyl (C=O) groups is 1. The molecule has 3 aliphatic carbocycles. The molecule has 1 amide bonds. The predicted octanol–water partition coefficient (Wildman–Crippen LogP) is 5.33. The van der Waals surface area contributed by atoms with Gasteiger partial charge in [0.05, 0.1) is 0 Å². The summed E-state index contributed by atoms with van der Waals surface area (Å²) in [5.41, 5.74) is 7.79. The number of nitrogens with zero attached hydrogens (tertiary/aromatic N) is 2. The summed E-state index contributed by atoms with van der Waals surface area (Å²) in [4.78, 5) is 13.0. The third kappa shape index (κ3) is 3.49. The minimum Gasteiger partial charge on any atom is -0.354 e. The first-order valence-electron chi connectivity index (χ1n) is 11.8. The molecule has 1 aromatic heterocycles. The molecule has 0 saturated heterocycles. The minimum atomic E-state index is -0.0468. The van der Waals surface area contributed by atoms with Gasteiger partial charge in [-0.3, -0.25) is 14.5 Å². The number of amides is 1. The molecule has 5 nitrogen and oxygen atoms in total. The Hall–Kier alpha value is -3.51. The van der Waals surface area contributed by atoms with Gasteiger partial charge in [0.2, 0.25) is 5.91 Å². The van der Waals surface area contributed by atoms with E-state index in [0.717, 1.165) is 17.5 Å². The lowest BCUT2D eigenvalue weighted by Gasteiger charge is -2.45. The van der Waals surface area contributed by atoms with Crippen LogP contribution in [0.15, 0.2) is 72.8 Å². The van der Waals surface area contributed by atoms with Crippen LogP contribution in [0.4, 0.5) is 0 Å². The van der Waals surface area contributed by atoms with Gasteiger partial charge in [-0.15, -0.1) is 0 Å². The van der Waals surface area contributed by atoms with E-state index in [-0.39, 0.29) is 12.5 Å². The van der Waals surface area contributed by atoms with Gasteiger partial charge in [0.15, 0.2) is 10.6 Å². The number of aromatic nitrogens is 3. The van der Waals surface area contributed by atoms with Crippen molar-refractivity contribution in [1.82, 2.24) is 20.1 Å². The van der Waals surface area contributed by atoms with Gasteiger partial charge >= 0.3 is 0 Å². The molecule has 170 valence electrons. The van der Waals surface area contributed by atoms with Gasteiger partial charge in [0, 0.05) is 23.9 Å². The van der Waals surface area contributed by atoms with E-state index in [9.17, 15) is 4.79 Å². The molecular formula is C28H26N4OS. The fourth-order valence-electron chi connectivity index (χ4n) is 5.87. The maximum absolute atomic E-state index is 13.0. The van der Waals surface area contributed by atoms with Crippen LogP contribution in [0.25, 0.3) is 11.4 Å². The molecule has 7 rings (SSSR count). The number of hydrogen-bond acceptors (Lipinski definition) is 3. The summed E-state index contributed by atoms with van der Waals surface area (Å²) < 4.78 is 2.23. The molecule has 2 bridgehead atoms. The highest BCUT2D eigenvalue weighted by Crippen LogP contribution is 2.55. The highest BCUT2D eigenvalue weighted by Gasteiger charge is 2.42. The molecule has 0 radical (unpaired) electrons. The van der Waals surface area contributed by atoms with Crippen LogP contribution in [0.1, 0.15) is 46.1 Å². The molecule has 1 unspecified atom stereocenters. The van der Waals surface area contributed by atoms with Gasteiger partial charge < -0.3 is 5.32 Å². The zero-order chi connectivity index (χ0) is 23.2. The van der Waals surface area contributed by atoms with Crippen molar-refractivity contribution in [1.29, 1.82) is 0 Å². The first kappa shape index (κ1) is 21.1. The molecule has 4 aromatic rings. The Kier molecular flexibility index (Phi) is 5.18. The molecule has 34 heavy (non-hydrogen) atoms. The molecular weight excluding hydrogens is 440 g/mol. The van der Waals surface area contributed by atoms with Gasteiger partial charge in [-0.2, -0.15) is 5.10 Å². The molecule has 3 aromatic carbocycles. The SMILES string of the molecule is Cc1cccc(-c2n[nH]c(=S)n2CC(=O)NCC2CC3c4ccccc4C2c2ccccc23)c1. The zero-order valence-electron chi connectivity index (χ0n) is 19.0. The van der Waals surface area contributed by atoms with Crippen molar-refractivity contribution in [2.75, 3.05) is 6.54 Å². The van der Waals surface area contributed by atoms with Crippen molar-refractivity contribution in [2.24, 2.45) is 5.92 Å². The number of aromatic amines is 1. The molecule has 0 saturated carbocycles. The molecule has 0 spiro atoms. The average Bonchev–Trinajstić information content (AvgIpc) is 3.22. The van der Waals surface area contributed by atoms with Crippen LogP contribution >= 0.6 is 12.2 Å². The zero-order valence-corrected chi connectivity index (χ0v) is 19.8. The van der Waals surface area contributed by atoms with E-state index in [1.54, 1.807) is 4.57 Å². The number of hydrogen-bond donors (Lipinski definition) is 2. The highest BCUT2D eigenvalue weighted by atomic mass is 32.1. The van der Waals surface area contributed by atoms with E-state index < -0.39 is 0 Å². The molecule has 6 heteroatoms. The van der Waals surface area contributed by atoms with E-state index in [1.807, 2.05) is 31.2 Å². The number of nitrogens with one attached hydrogen (secondary N) is 2. The Morgan fingerprint density at radius 3 is 2.38 bits per heavy atom. The third-order valence-electron chi connectivity index (χ3n) is 7.32. The van der Waals surface area contributed by atoms with Crippen molar-refractivity contribution >= 4 is 18.1 Å². The Morgan fingerprint density at radius 2 is 1.71 bits per heavy atom. The third-order valence-corrected chi connectivity index (χ3v) is 7.63. The molecule has 0 fully saturated rings. The second-order valence-corrected chi connectivity index (χ2v) is 9.78. The van der Waals surface area contributed by atoms with Crippen LogP contribution < -0.4 is 5.32 Å². The van der Waals surface area contributed by atoms with E-state index >= 15 is 0 Å². The van der Waals surface area contributed by atoms with E-state index in [2.05, 4.69) is 64.0 Å². The minimum absolute atomic E-state index is 0.0468. The summed E-state index contributed by atoms with van der Waals surface area (Å²) in [7, 11) is 0. The van der Waals surface area contributed by atoms with Crippen LogP contribution in [0.3, 0.4) is 0 Å². The molecule has 2 N–H and O–H groups in total. The van der Waals surface area contributed by atoms with Crippen LogP contribution in [-0.2, 0) is 11.3 Å². The average molecular weight is 467 g/mol. The number of rotatable bonds is 5. The van der Waals surface area contributed by atoms with Gasteiger partial charge in [0.1, 0.15) is 6.54 Å². The van der Waals surface area contributed by atoms with Crippen molar-refractivity contribution < 1.29 is 4.79 Å². The normalized spacial score (nSPS) is 20.0. The lowest BCUT2D eigenvalue weighted by molar-refractivity contribution is -0.121. The Balaban J connectivity index is 1.21. The van der Waals surface area contributed by atoms with Gasteiger partial charge in [0.25, 0.3) is 0 Å². The van der Waals surface area contributed by atoms with Crippen molar-refractivity contribution in [3.63, 3.8) is 0 Å². The number of fused-ring (bicyclic) bond motifs is 1. The molecule has 0 aliphatic heterocycles. The van der Waals surface area contributed by atoms with Crippen LogP contribution in [0, 0.1) is 17.6 Å². The summed E-state index contributed by atoms with van der Waals surface area (Å²) in [6.07, 6.45) is 1.05. The van der Waals surface area contributed by atoms with Gasteiger partial charge in [-0.25, -0.2) is 0 Å². The second kappa shape index (κ2) is 8.37. The van der Waals surface area contributed by atoms with E-state index in [4.69, 9.17) is 12.2 Å². The van der Waals surface area contributed by atoms with Gasteiger partial charge in [-0.1, -0.05) is 72.3 Å². The maximum Gasteiger partial charge on any atom is 0.240 e. The largest absolute Gasteiger partial charge is 0.354 e. The first-order chi connectivity index (χ1) is 16.6. The monoisotopic (exact) mass is 466 g/mol. The summed E-state index contributed by atoms with van der Waals surface area (Å²) in [6, 6.07) is 25.7.